The zero-order valence-electron chi connectivity index (χ0n) is 13.1. The average molecular weight is 304 g/mol. The second-order valence-electron chi connectivity index (χ2n) is 6.28. The summed E-state index contributed by atoms with van der Waals surface area (Å²) in [6.07, 6.45) is 3.79. The first-order valence-electron chi connectivity index (χ1n) is 7.98. The van der Waals surface area contributed by atoms with Crippen molar-refractivity contribution < 1.29 is 9.90 Å². The van der Waals surface area contributed by atoms with Crippen LogP contribution in [-0.2, 0) is 12.8 Å². The van der Waals surface area contributed by atoms with Gasteiger partial charge in [0.2, 0.25) is 0 Å². The van der Waals surface area contributed by atoms with Crippen LogP contribution in [0, 0.1) is 0 Å². The van der Waals surface area contributed by atoms with Gasteiger partial charge >= 0.3 is 0 Å². The number of piperazine rings is 1. The molecular formula is C16H24N4O2. The lowest BCUT2D eigenvalue weighted by molar-refractivity contribution is 0.0999. The summed E-state index contributed by atoms with van der Waals surface area (Å²) >= 11 is 0. The number of likely N-dealkylation sites (N-methyl/N-ethyl adjacent to an activating group) is 1. The molecule has 6 nitrogen and oxygen atoms in total. The number of amides is 1. The van der Waals surface area contributed by atoms with Crippen molar-refractivity contribution in [2.24, 2.45) is 5.73 Å². The van der Waals surface area contributed by atoms with Gasteiger partial charge in [0.15, 0.2) is 0 Å². The van der Waals surface area contributed by atoms with Gasteiger partial charge in [-0.15, -0.1) is 0 Å². The normalized spacial score (nSPS) is 21.9. The molecule has 1 unspecified atom stereocenters. The van der Waals surface area contributed by atoms with Crippen molar-refractivity contribution in [1.82, 2.24) is 9.88 Å². The van der Waals surface area contributed by atoms with Gasteiger partial charge < -0.3 is 15.7 Å². The van der Waals surface area contributed by atoms with Gasteiger partial charge in [0.25, 0.3) is 5.91 Å². The molecule has 22 heavy (non-hydrogen) atoms. The molecule has 3 rings (SSSR count). The van der Waals surface area contributed by atoms with Gasteiger partial charge in [-0.05, 0) is 44.4 Å². The van der Waals surface area contributed by atoms with Crippen LogP contribution in [0.15, 0.2) is 6.07 Å². The molecule has 3 N–H and O–H groups in total. The number of aliphatic hydroxyl groups is 1. The number of aliphatic hydroxyl groups excluding tert-OH is 1. The molecule has 2 heterocycles. The lowest BCUT2D eigenvalue weighted by Crippen LogP contribution is -2.52. The molecule has 0 bridgehead atoms. The Morgan fingerprint density at radius 2 is 2.27 bits per heavy atom. The Balaban J connectivity index is 1.91. The van der Waals surface area contributed by atoms with E-state index in [0.717, 1.165) is 56.8 Å². The van der Waals surface area contributed by atoms with Gasteiger partial charge in [-0.1, -0.05) is 0 Å². The van der Waals surface area contributed by atoms with E-state index in [-0.39, 0.29) is 12.6 Å². The zero-order chi connectivity index (χ0) is 15.7. The number of hydrogen-bond donors (Lipinski definition) is 2. The number of carbonyl (C=O) groups is 1. The largest absolute Gasteiger partial charge is 0.396 e. The fourth-order valence-corrected chi connectivity index (χ4v) is 3.48. The zero-order valence-corrected chi connectivity index (χ0v) is 13.1. The molecule has 0 aromatic carbocycles. The number of primary amides is 1. The van der Waals surface area contributed by atoms with Crippen molar-refractivity contribution in [2.45, 2.75) is 31.7 Å². The van der Waals surface area contributed by atoms with E-state index in [0.29, 0.717) is 5.56 Å². The van der Waals surface area contributed by atoms with E-state index in [9.17, 15) is 9.90 Å². The van der Waals surface area contributed by atoms with E-state index in [1.54, 1.807) is 0 Å². The van der Waals surface area contributed by atoms with Crippen LogP contribution in [-0.4, -0.2) is 60.2 Å². The Kier molecular flexibility index (Phi) is 4.31. The number of aromatic nitrogens is 1. The van der Waals surface area contributed by atoms with Gasteiger partial charge in [0.1, 0.15) is 5.82 Å². The van der Waals surface area contributed by atoms with E-state index in [1.807, 2.05) is 6.07 Å². The molecule has 0 radical (unpaired) electrons. The van der Waals surface area contributed by atoms with Crippen LogP contribution in [0.25, 0.3) is 0 Å². The summed E-state index contributed by atoms with van der Waals surface area (Å²) in [5.74, 6) is 0.319. The Hall–Kier alpha value is -1.66. The third-order valence-electron chi connectivity index (χ3n) is 4.84. The number of rotatable bonds is 4. The molecule has 6 heteroatoms. The Bertz CT molecular complexity index is 576. The van der Waals surface area contributed by atoms with Gasteiger partial charge in [-0.3, -0.25) is 9.69 Å². The molecule has 1 atom stereocenters. The first kappa shape index (κ1) is 15.2. The summed E-state index contributed by atoms with van der Waals surface area (Å²) in [6, 6.07) is 2.21. The lowest BCUT2D eigenvalue weighted by Gasteiger charge is -2.40. The first-order chi connectivity index (χ1) is 10.6. The highest BCUT2D eigenvalue weighted by Crippen LogP contribution is 2.28. The third-order valence-corrected chi connectivity index (χ3v) is 4.84. The maximum atomic E-state index is 11.8. The third kappa shape index (κ3) is 2.80. The van der Waals surface area contributed by atoms with Crippen molar-refractivity contribution in [3.8, 4) is 0 Å². The lowest BCUT2D eigenvalue weighted by atomic mass is 10.1. The van der Waals surface area contributed by atoms with Gasteiger partial charge in [-0.25, -0.2) is 4.98 Å². The molecule has 1 aromatic rings. The number of aryl methyl sites for hydroxylation is 2. The smallest absolute Gasteiger partial charge is 0.252 e. The van der Waals surface area contributed by atoms with Crippen molar-refractivity contribution in [3.63, 3.8) is 0 Å². The molecule has 0 spiro atoms. The summed E-state index contributed by atoms with van der Waals surface area (Å²) in [4.78, 5) is 21.0. The Labute approximate surface area is 130 Å². The highest BCUT2D eigenvalue weighted by Gasteiger charge is 2.28. The maximum Gasteiger partial charge on any atom is 0.252 e. The Morgan fingerprint density at radius 1 is 1.45 bits per heavy atom. The van der Waals surface area contributed by atoms with Crippen LogP contribution in [0.2, 0.25) is 0 Å². The number of nitrogens with two attached hydrogens (primary N) is 1. The number of carbonyl (C=O) groups excluding carboxylic acids is 1. The number of fused-ring (bicyclic) bond motifs is 1. The van der Waals surface area contributed by atoms with Crippen LogP contribution in [0.3, 0.4) is 0 Å². The van der Waals surface area contributed by atoms with E-state index in [2.05, 4.69) is 16.8 Å². The standard InChI is InChI=1S/C16H24N4O2/c1-19-6-7-20(10-12(19)5-8-21)16-13(15(17)22)9-11-3-2-4-14(11)18-16/h9,12,21H,2-8,10H2,1H3,(H2,17,22). The van der Waals surface area contributed by atoms with E-state index < -0.39 is 5.91 Å². The highest BCUT2D eigenvalue weighted by atomic mass is 16.3. The predicted octanol–water partition coefficient (Wildman–Crippen LogP) is 0.172. The molecular weight excluding hydrogens is 280 g/mol. The maximum absolute atomic E-state index is 11.8. The topological polar surface area (TPSA) is 82.7 Å². The second-order valence-corrected chi connectivity index (χ2v) is 6.28. The molecule has 0 saturated carbocycles. The van der Waals surface area contributed by atoms with Crippen molar-refractivity contribution in [2.75, 3.05) is 38.2 Å². The quantitative estimate of drug-likeness (QED) is 0.829. The fraction of sp³-hybridized carbons (Fsp3) is 0.625. The SMILES string of the molecule is CN1CCN(c2nc3c(cc2C(N)=O)CCC3)CC1CCO. The molecule has 1 aromatic heterocycles. The molecule has 1 saturated heterocycles. The number of pyridine rings is 1. The van der Waals surface area contributed by atoms with Crippen LogP contribution >= 0.6 is 0 Å². The summed E-state index contributed by atoms with van der Waals surface area (Å²) in [7, 11) is 2.07. The van der Waals surface area contributed by atoms with Crippen molar-refractivity contribution in [1.29, 1.82) is 0 Å². The van der Waals surface area contributed by atoms with Crippen LogP contribution in [0.4, 0.5) is 5.82 Å². The average Bonchev–Trinajstić information content (AvgIpc) is 2.95. The first-order valence-corrected chi connectivity index (χ1v) is 7.98. The van der Waals surface area contributed by atoms with Crippen LogP contribution in [0.1, 0.15) is 34.5 Å². The van der Waals surface area contributed by atoms with Crippen molar-refractivity contribution >= 4 is 11.7 Å². The summed E-state index contributed by atoms with van der Waals surface area (Å²) in [5, 5.41) is 9.23. The molecule has 1 aliphatic carbocycles. The van der Waals surface area contributed by atoms with Gasteiger partial charge in [0.05, 0.1) is 5.56 Å². The molecule has 1 fully saturated rings. The number of anilines is 1. The Morgan fingerprint density at radius 3 is 3.00 bits per heavy atom. The number of hydrogen-bond acceptors (Lipinski definition) is 5. The summed E-state index contributed by atoms with van der Waals surface area (Å²) in [6.45, 7) is 2.65. The number of nitrogens with zero attached hydrogens (tertiary/aromatic N) is 3. The van der Waals surface area contributed by atoms with Crippen LogP contribution in [0.5, 0.6) is 0 Å². The minimum Gasteiger partial charge on any atom is -0.396 e. The second kappa shape index (κ2) is 6.22. The monoisotopic (exact) mass is 304 g/mol. The molecule has 1 amide bonds. The fourth-order valence-electron chi connectivity index (χ4n) is 3.48. The minimum absolute atomic E-state index is 0.170. The van der Waals surface area contributed by atoms with Gasteiger partial charge in [0, 0.05) is 38.0 Å². The van der Waals surface area contributed by atoms with E-state index >= 15 is 0 Å². The highest BCUT2D eigenvalue weighted by molar-refractivity contribution is 5.98. The molecule has 2 aliphatic rings. The molecule has 1 aliphatic heterocycles. The van der Waals surface area contributed by atoms with Crippen molar-refractivity contribution in [3.05, 3.63) is 22.9 Å². The van der Waals surface area contributed by atoms with E-state index in [4.69, 9.17) is 10.7 Å². The summed E-state index contributed by atoms with van der Waals surface area (Å²) in [5.41, 5.74) is 8.39. The predicted molar refractivity (Wildman–Crippen MR) is 85.1 cm³/mol. The minimum atomic E-state index is -0.408. The van der Waals surface area contributed by atoms with Gasteiger partial charge in [-0.2, -0.15) is 0 Å². The van der Waals surface area contributed by atoms with E-state index in [1.165, 1.54) is 5.56 Å². The van der Waals surface area contributed by atoms with Crippen LogP contribution < -0.4 is 10.6 Å². The summed E-state index contributed by atoms with van der Waals surface area (Å²) < 4.78 is 0. The molecule has 120 valence electrons.